The van der Waals surface area contributed by atoms with Crippen molar-refractivity contribution in [1.29, 1.82) is 0 Å². The lowest BCUT2D eigenvalue weighted by atomic mass is 9.99. The number of anilines is 1. The quantitative estimate of drug-likeness (QED) is 0.804. The zero-order valence-electron chi connectivity index (χ0n) is 12.2. The lowest BCUT2D eigenvalue weighted by molar-refractivity contribution is 0.0873. The highest BCUT2D eigenvalue weighted by atomic mass is 16.5. The standard InChI is InChI=1S/C14H24N4O/c1-17(2)14-15-7-13(8-16-14)10-18-6-4-5-12(9-18)11-19-3/h7-8,12H,4-6,9-11H2,1-3H3. The maximum absolute atomic E-state index is 5.27. The van der Waals surface area contributed by atoms with Crippen LogP contribution in [0.4, 0.5) is 5.95 Å². The van der Waals surface area contributed by atoms with E-state index in [1.54, 1.807) is 7.11 Å². The molecule has 1 saturated heterocycles. The molecule has 0 amide bonds. The summed E-state index contributed by atoms with van der Waals surface area (Å²) in [6, 6.07) is 0. The molecule has 1 fully saturated rings. The second-order valence-corrected chi connectivity index (χ2v) is 5.48. The fraction of sp³-hybridized carbons (Fsp3) is 0.714. The van der Waals surface area contributed by atoms with Crippen LogP contribution in [0.1, 0.15) is 18.4 Å². The summed E-state index contributed by atoms with van der Waals surface area (Å²) in [5.74, 6) is 1.43. The third-order valence-electron chi connectivity index (χ3n) is 3.50. The summed E-state index contributed by atoms with van der Waals surface area (Å²) in [6.07, 6.45) is 6.40. The number of methoxy groups -OCH3 is 1. The van der Waals surface area contributed by atoms with Crippen LogP contribution in [0.3, 0.4) is 0 Å². The van der Waals surface area contributed by atoms with Crippen LogP contribution >= 0.6 is 0 Å². The molecule has 2 heterocycles. The molecule has 19 heavy (non-hydrogen) atoms. The molecule has 0 aliphatic carbocycles. The van der Waals surface area contributed by atoms with Crippen LogP contribution in [0.15, 0.2) is 12.4 Å². The van der Waals surface area contributed by atoms with E-state index in [0.717, 1.165) is 32.2 Å². The van der Waals surface area contributed by atoms with E-state index in [9.17, 15) is 0 Å². The third kappa shape index (κ3) is 4.14. The molecular formula is C14H24N4O. The van der Waals surface area contributed by atoms with Gasteiger partial charge in [0.25, 0.3) is 0 Å². The normalized spacial score (nSPS) is 20.5. The molecule has 0 radical (unpaired) electrons. The molecule has 1 aromatic rings. The van der Waals surface area contributed by atoms with Crippen LogP contribution in [0.2, 0.25) is 0 Å². The van der Waals surface area contributed by atoms with Gasteiger partial charge in [0.2, 0.25) is 5.95 Å². The molecule has 5 heteroatoms. The van der Waals surface area contributed by atoms with Crippen molar-refractivity contribution < 1.29 is 4.74 Å². The van der Waals surface area contributed by atoms with Crippen LogP contribution in [0.5, 0.6) is 0 Å². The molecule has 0 bridgehead atoms. The Balaban J connectivity index is 1.89. The molecule has 1 aliphatic heterocycles. The van der Waals surface area contributed by atoms with Gasteiger partial charge in [0.05, 0.1) is 6.61 Å². The largest absolute Gasteiger partial charge is 0.384 e. The fourth-order valence-electron chi connectivity index (χ4n) is 2.59. The Labute approximate surface area is 115 Å². The Morgan fingerprint density at radius 1 is 1.37 bits per heavy atom. The second kappa shape index (κ2) is 6.82. The van der Waals surface area contributed by atoms with Gasteiger partial charge in [-0.2, -0.15) is 0 Å². The fourth-order valence-corrected chi connectivity index (χ4v) is 2.59. The first-order chi connectivity index (χ1) is 9.19. The predicted molar refractivity (Wildman–Crippen MR) is 76.2 cm³/mol. The summed E-state index contributed by atoms with van der Waals surface area (Å²) in [5, 5.41) is 0. The minimum Gasteiger partial charge on any atom is -0.384 e. The Bertz CT molecular complexity index is 378. The van der Waals surface area contributed by atoms with Gasteiger partial charge >= 0.3 is 0 Å². The van der Waals surface area contributed by atoms with Gasteiger partial charge in [-0.15, -0.1) is 0 Å². The number of nitrogens with zero attached hydrogens (tertiary/aromatic N) is 4. The van der Waals surface area contributed by atoms with Crippen LogP contribution in [-0.4, -0.2) is 55.8 Å². The van der Waals surface area contributed by atoms with Crippen molar-refractivity contribution in [2.45, 2.75) is 19.4 Å². The molecule has 106 valence electrons. The Kier molecular flexibility index (Phi) is 5.10. The van der Waals surface area contributed by atoms with Crippen molar-refractivity contribution in [1.82, 2.24) is 14.9 Å². The van der Waals surface area contributed by atoms with E-state index in [4.69, 9.17) is 4.74 Å². The third-order valence-corrected chi connectivity index (χ3v) is 3.50. The van der Waals surface area contributed by atoms with Crippen molar-refractivity contribution >= 4 is 5.95 Å². The van der Waals surface area contributed by atoms with Crippen molar-refractivity contribution in [3.05, 3.63) is 18.0 Å². The summed E-state index contributed by atoms with van der Waals surface area (Å²) in [7, 11) is 5.69. The van der Waals surface area contributed by atoms with Crippen LogP contribution < -0.4 is 4.90 Å². The first-order valence-electron chi connectivity index (χ1n) is 6.88. The Morgan fingerprint density at radius 3 is 2.74 bits per heavy atom. The maximum Gasteiger partial charge on any atom is 0.224 e. The number of hydrogen-bond donors (Lipinski definition) is 0. The van der Waals surface area contributed by atoms with Crippen molar-refractivity contribution in [2.75, 3.05) is 45.8 Å². The predicted octanol–water partition coefficient (Wildman–Crippen LogP) is 1.40. The molecule has 0 spiro atoms. The van der Waals surface area contributed by atoms with Crippen molar-refractivity contribution in [2.24, 2.45) is 5.92 Å². The smallest absolute Gasteiger partial charge is 0.224 e. The highest BCUT2D eigenvalue weighted by Crippen LogP contribution is 2.18. The molecule has 5 nitrogen and oxygen atoms in total. The van der Waals surface area contributed by atoms with Crippen LogP contribution in [0, 0.1) is 5.92 Å². The number of piperidine rings is 1. The molecule has 2 rings (SSSR count). The van der Waals surface area contributed by atoms with Crippen molar-refractivity contribution in [3.8, 4) is 0 Å². The van der Waals surface area contributed by atoms with E-state index in [0.29, 0.717) is 5.92 Å². The lowest BCUT2D eigenvalue weighted by Gasteiger charge is -2.32. The maximum atomic E-state index is 5.27. The van der Waals surface area contributed by atoms with E-state index < -0.39 is 0 Å². The summed E-state index contributed by atoms with van der Waals surface area (Å²) in [5.41, 5.74) is 1.18. The Morgan fingerprint density at radius 2 is 2.11 bits per heavy atom. The summed E-state index contributed by atoms with van der Waals surface area (Å²) < 4.78 is 5.27. The van der Waals surface area contributed by atoms with E-state index in [1.807, 2.05) is 31.4 Å². The summed E-state index contributed by atoms with van der Waals surface area (Å²) >= 11 is 0. The molecule has 0 saturated carbocycles. The first kappa shape index (κ1) is 14.2. The van der Waals surface area contributed by atoms with E-state index in [2.05, 4.69) is 14.9 Å². The molecule has 1 atom stereocenters. The minimum atomic E-state index is 0.667. The van der Waals surface area contributed by atoms with Gasteiger partial charge in [-0.05, 0) is 25.3 Å². The van der Waals surface area contributed by atoms with Crippen molar-refractivity contribution in [3.63, 3.8) is 0 Å². The van der Waals surface area contributed by atoms with Gasteiger partial charge in [0.1, 0.15) is 0 Å². The summed E-state index contributed by atoms with van der Waals surface area (Å²) in [4.78, 5) is 13.1. The molecule has 0 aromatic carbocycles. The molecule has 1 unspecified atom stereocenters. The topological polar surface area (TPSA) is 41.5 Å². The zero-order valence-corrected chi connectivity index (χ0v) is 12.2. The number of rotatable bonds is 5. The summed E-state index contributed by atoms with van der Waals surface area (Å²) in [6.45, 7) is 4.08. The zero-order chi connectivity index (χ0) is 13.7. The van der Waals surface area contributed by atoms with Gasteiger partial charge in [0.15, 0.2) is 0 Å². The number of aromatic nitrogens is 2. The molecular weight excluding hydrogens is 240 g/mol. The van der Waals surface area contributed by atoms with Crippen LogP contribution in [0.25, 0.3) is 0 Å². The number of likely N-dealkylation sites (tertiary alicyclic amines) is 1. The average molecular weight is 264 g/mol. The molecule has 1 aliphatic rings. The van der Waals surface area contributed by atoms with E-state index in [-0.39, 0.29) is 0 Å². The monoisotopic (exact) mass is 264 g/mol. The first-order valence-corrected chi connectivity index (χ1v) is 6.88. The SMILES string of the molecule is COCC1CCCN(Cc2cnc(N(C)C)nc2)C1. The van der Waals surface area contributed by atoms with Gasteiger partial charge < -0.3 is 9.64 Å². The minimum absolute atomic E-state index is 0.667. The lowest BCUT2D eigenvalue weighted by Crippen LogP contribution is -2.36. The average Bonchev–Trinajstić information content (AvgIpc) is 2.40. The number of ether oxygens (including phenoxy) is 1. The molecule has 1 aromatic heterocycles. The van der Waals surface area contributed by atoms with Gasteiger partial charge in [-0.25, -0.2) is 9.97 Å². The second-order valence-electron chi connectivity index (χ2n) is 5.48. The van der Waals surface area contributed by atoms with Gasteiger partial charge in [-0.3, -0.25) is 4.90 Å². The van der Waals surface area contributed by atoms with E-state index >= 15 is 0 Å². The highest BCUT2D eigenvalue weighted by Gasteiger charge is 2.19. The van der Waals surface area contributed by atoms with E-state index in [1.165, 1.54) is 18.4 Å². The molecule has 0 N–H and O–H groups in total. The van der Waals surface area contributed by atoms with Crippen LogP contribution in [-0.2, 0) is 11.3 Å². The number of hydrogen-bond acceptors (Lipinski definition) is 5. The Hall–Kier alpha value is -1.20. The highest BCUT2D eigenvalue weighted by molar-refractivity contribution is 5.26. The van der Waals surface area contributed by atoms with Gasteiger partial charge in [0, 0.05) is 52.3 Å². The van der Waals surface area contributed by atoms with Gasteiger partial charge in [-0.1, -0.05) is 0 Å².